The van der Waals surface area contributed by atoms with Gasteiger partial charge in [0, 0.05) is 18.7 Å². The maximum Gasteiger partial charge on any atom is 0.222 e. The van der Waals surface area contributed by atoms with E-state index in [2.05, 4.69) is 20.4 Å². The van der Waals surface area contributed by atoms with E-state index >= 15 is 0 Å². The first-order valence-corrected chi connectivity index (χ1v) is 9.74. The lowest BCUT2D eigenvalue weighted by Crippen LogP contribution is -2.24. The van der Waals surface area contributed by atoms with Crippen molar-refractivity contribution in [2.45, 2.75) is 38.6 Å². The molecule has 28 heavy (non-hydrogen) atoms. The molecule has 2 aromatic heterocycles. The second kappa shape index (κ2) is 7.88. The Morgan fingerprint density at radius 3 is 2.79 bits per heavy atom. The molecule has 146 valence electrons. The van der Waals surface area contributed by atoms with Crippen molar-refractivity contribution < 1.29 is 4.74 Å². The number of hydrogen-bond donors (Lipinski definition) is 2. The van der Waals surface area contributed by atoms with Gasteiger partial charge < -0.3 is 15.8 Å². The zero-order chi connectivity index (χ0) is 19.5. The van der Waals surface area contributed by atoms with Gasteiger partial charge in [-0.1, -0.05) is 18.2 Å². The monoisotopic (exact) mass is 378 g/mol. The van der Waals surface area contributed by atoms with Crippen LogP contribution in [0, 0.1) is 0 Å². The molecule has 1 aliphatic carbocycles. The van der Waals surface area contributed by atoms with E-state index in [1.807, 2.05) is 55.1 Å². The minimum Gasteiger partial charge on any atom is -0.491 e. The van der Waals surface area contributed by atoms with Crippen LogP contribution in [-0.2, 0) is 19.9 Å². The minimum absolute atomic E-state index is 0.0582. The Labute approximate surface area is 165 Å². The third kappa shape index (κ3) is 3.93. The number of nitrogens with zero attached hydrogens (tertiary/aromatic N) is 4. The summed E-state index contributed by atoms with van der Waals surface area (Å²) in [5.74, 6) is 1.79. The van der Waals surface area contributed by atoms with Crippen molar-refractivity contribution in [1.82, 2.24) is 19.7 Å². The topological polar surface area (TPSA) is 90.9 Å². The van der Waals surface area contributed by atoms with Crippen molar-refractivity contribution in [2.75, 3.05) is 17.7 Å². The molecule has 0 saturated carbocycles. The van der Waals surface area contributed by atoms with Crippen LogP contribution in [0.4, 0.5) is 11.8 Å². The zero-order valence-corrected chi connectivity index (χ0v) is 16.4. The summed E-state index contributed by atoms with van der Waals surface area (Å²) < 4.78 is 7.74. The van der Waals surface area contributed by atoms with Crippen molar-refractivity contribution in [3.05, 3.63) is 47.7 Å². The lowest BCUT2D eigenvalue weighted by Gasteiger charge is -2.17. The number of nitrogen functional groups attached to an aromatic ring is 1. The summed E-state index contributed by atoms with van der Waals surface area (Å²) in [6.45, 7) is 2.57. The van der Waals surface area contributed by atoms with Crippen molar-refractivity contribution in [1.29, 1.82) is 0 Å². The molecule has 4 rings (SSSR count). The Kier molecular flexibility index (Phi) is 5.14. The molecule has 0 saturated heterocycles. The summed E-state index contributed by atoms with van der Waals surface area (Å²) in [5.41, 5.74) is 10.3. The predicted molar refractivity (Wildman–Crippen MR) is 110 cm³/mol. The largest absolute Gasteiger partial charge is 0.491 e. The van der Waals surface area contributed by atoms with Crippen LogP contribution < -0.4 is 15.8 Å². The van der Waals surface area contributed by atoms with Crippen LogP contribution in [0.5, 0.6) is 5.75 Å². The number of hydrogen-bond acceptors (Lipinski definition) is 6. The van der Waals surface area contributed by atoms with Crippen LogP contribution >= 0.6 is 0 Å². The van der Waals surface area contributed by atoms with Gasteiger partial charge in [0.25, 0.3) is 0 Å². The Balaban J connectivity index is 1.52. The highest BCUT2D eigenvalue weighted by Gasteiger charge is 2.22. The zero-order valence-electron chi connectivity index (χ0n) is 16.4. The quantitative estimate of drug-likeness (QED) is 0.684. The highest BCUT2D eigenvalue weighted by Crippen LogP contribution is 2.31. The smallest absolute Gasteiger partial charge is 0.222 e. The highest BCUT2D eigenvalue weighted by atomic mass is 16.5. The molecule has 0 fully saturated rings. The molecule has 7 heteroatoms. The van der Waals surface area contributed by atoms with Gasteiger partial charge in [0.2, 0.25) is 5.95 Å². The summed E-state index contributed by atoms with van der Waals surface area (Å²) in [6.07, 6.45) is 4.45. The number of nitrogens with two attached hydrogens (primary N) is 1. The van der Waals surface area contributed by atoms with Crippen molar-refractivity contribution >= 4 is 11.8 Å². The molecule has 2 heterocycles. The van der Waals surface area contributed by atoms with Gasteiger partial charge >= 0.3 is 0 Å². The first-order chi connectivity index (χ1) is 13.6. The van der Waals surface area contributed by atoms with E-state index in [9.17, 15) is 0 Å². The van der Waals surface area contributed by atoms with Crippen LogP contribution in [-0.4, -0.2) is 32.4 Å². The molecular formula is C21H26N6O. The summed E-state index contributed by atoms with van der Waals surface area (Å²) in [4.78, 5) is 8.83. The van der Waals surface area contributed by atoms with Crippen LogP contribution in [0.2, 0.25) is 0 Å². The van der Waals surface area contributed by atoms with E-state index in [0.717, 1.165) is 30.0 Å². The number of anilines is 2. The predicted octanol–water partition coefficient (Wildman–Crippen LogP) is 3.22. The van der Waals surface area contributed by atoms with Crippen LogP contribution in [0.1, 0.15) is 31.0 Å². The van der Waals surface area contributed by atoms with Crippen LogP contribution in [0.3, 0.4) is 0 Å². The number of fused-ring (bicyclic) bond motifs is 1. The molecule has 3 aromatic rings. The Bertz CT molecular complexity index is 953. The lowest BCUT2D eigenvalue weighted by atomic mass is 9.95. The average molecular weight is 378 g/mol. The maximum atomic E-state index is 6.01. The van der Waals surface area contributed by atoms with E-state index in [1.165, 1.54) is 24.1 Å². The maximum absolute atomic E-state index is 6.01. The number of aromatic nitrogens is 4. The average Bonchev–Trinajstić information content (AvgIpc) is 3.02. The van der Waals surface area contributed by atoms with E-state index in [1.54, 1.807) is 0 Å². The summed E-state index contributed by atoms with van der Waals surface area (Å²) in [7, 11) is 1.97. The van der Waals surface area contributed by atoms with Crippen molar-refractivity contribution in [3.8, 4) is 17.1 Å². The minimum atomic E-state index is 0.0582. The first kappa shape index (κ1) is 18.3. The molecule has 1 aromatic carbocycles. The Morgan fingerprint density at radius 1 is 1.18 bits per heavy atom. The van der Waals surface area contributed by atoms with E-state index in [-0.39, 0.29) is 12.0 Å². The van der Waals surface area contributed by atoms with E-state index in [0.29, 0.717) is 12.4 Å². The van der Waals surface area contributed by atoms with Crippen LogP contribution in [0.15, 0.2) is 36.4 Å². The molecule has 7 nitrogen and oxygen atoms in total. The van der Waals surface area contributed by atoms with Crippen molar-refractivity contribution in [3.63, 3.8) is 0 Å². The number of ether oxygens (including phenoxy) is 1. The standard InChI is InChI=1S/C21H26N6O/c1-14(13-28-15-8-4-3-5-9-15)23-19-12-18(24-21(22)25-19)20-16-10-6-7-11-17(16)26-27(20)2/h3-5,8-9,12,14H,6-7,10-11,13H2,1-2H3,(H3,22,23,24,25)/t14-/m1/s1. The number of aryl methyl sites for hydroxylation is 2. The van der Waals surface area contributed by atoms with Gasteiger partial charge in [-0.2, -0.15) is 10.1 Å². The highest BCUT2D eigenvalue weighted by molar-refractivity contribution is 5.65. The fourth-order valence-corrected chi connectivity index (χ4v) is 3.69. The van der Waals surface area contributed by atoms with Gasteiger partial charge in [0.05, 0.1) is 23.1 Å². The van der Waals surface area contributed by atoms with Gasteiger partial charge in [-0.05, 0) is 44.7 Å². The second-order valence-corrected chi connectivity index (χ2v) is 7.27. The third-order valence-electron chi connectivity index (χ3n) is 4.94. The molecule has 0 bridgehead atoms. The molecule has 0 spiro atoms. The summed E-state index contributed by atoms with van der Waals surface area (Å²) >= 11 is 0. The SMILES string of the molecule is C[C@H](COc1ccccc1)Nc1cc(-c2c3c(nn2C)CCCC3)nc(N)n1. The third-order valence-corrected chi connectivity index (χ3v) is 4.94. The normalized spacial score (nSPS) is 14.4. The molecule has 3 N–H and O–H groups in total. The molecule has 1 atom stereocenters. The van der Waals surface area contributed by atoms with E-state index in [4.69, 9.17) is 10.5 Å². The van der Waals surface area contributed by atoms with Crippen molar-refractivity contribution in [2.24, 2.45) is 7.05 Å². The molecular weight excluding hydrogens is 352 g/mol. The van der Waals surface area contributed by atoms with Gasteiger partial charge in [-0.3, -0.25) is 4.68 Å². The molecule has 0 unspecified atom stereocenters. The summed E-state index contributed by atoms with van der Waals surface area (Å²) in [6, 6.07) is 11.8. The second-order valence-electron chi connectivity index (χ2n) is 7.27. The number of rotatable bonds is 6. The lowest BCUT2D eigenvalue weighted by molar-refractivity contribution is 0.304. The first-order valence-electron chi connectivity index (χ1n) is 9.74. The van der Waals surface area contributed by atoms with Gasteiger partial charge in [-0.25, -0.2) is 4.98 Å². The number of nitrogens with one attached hydrogen (secondary N) is 1. The number of benzene rings is 1. The molecule has 0 amide bonds. The molecule has 0 radical (unpaired) electrons. The fourth-order valence-electron chi connectivity index (χ4n) is 3.69. The Hall–Kier alpha value is -3.09. The molecule has 1 aliphatic rings. The van der Waals surface area contributed by atoms with E-state index < -0.39 is 0 Å². The fraction of sp³-hybridized carbons (Fsp3) is 0.381. The van der Waals surface area contributed by atoms with Gasteiger partial charge in [0.15, 0.2) is 0 Å². The summed E-state index contributed by atoms with van der Waals surface area (Å²) in [5, 5.41) is 8.05. The van der Waals surface area contributed by atoms with Gasteiger partial charge in [-0.15, -0.1) is 0 Å². The molecule has 0 aliphatic heterocycles. The van der Waals surface area contributed by atoms with Gasteiger partial charge in [0.1, 0.15) is 18.2 Å². The van der Waals surface area contributed by atoms with Crippen LogP contribution in [0.25, 0.3) is 11.4 Å². The number of para-hydroxylation sites is 1. The Morgan fingerprint density at radius 2 is 1.96 bits per heavy atom.